The largest absolute Gasteiger partial charge is 0.324 e. The molecule has 38 heavy (non-hydrogen) atoms. The molecule has 0 aliphatic carbocycles. The van der Waals surface area contributed by atoms with E-state index in [-0.39, 0.29) is 22.8 Å². The number of halogens is 1. The van der Waals surface area contributed by atoms with Crippen molar-refractivity contribution in [2.75, 3.05) is 10.6 Å². The van der Waals surface area contributed by atoms with Gasteiger partial charge in [0.2, 0.25) is 5.91 Å². The number of thiophene rings is 1. The first-order valence-electron chi connectivity index (χ1n) is 11.6. The normalized spacial score (nSPS) is 11.9. The molecule has 0 bridgehead atoms. The standard InChI is InChI=1S/C29H24BrN3O3S2/c1-19(27(34)32-25-15-6-5-14-24(25)30)38-23-12-7-11-21(17-23)31-29(36)26(18-22-13-8-16-37-22)33-28(35)20-9-3-2-4-10-20/h2-19H,1H3,(H,31,36)(H,32,34)(H,33,35)/b26-18-. The summed E-state index contributed by atoms with van der Waals surface area (Å²) in [6.45, 7) is 1.82. The molecule has 4 aromatic rings. The van der Waals surface area contributed by atoms with Crippen LogP contribution < -0.4 is 16.0 Å². The predicted octanol–water partition coefficient (Wildman–Crippen LogP) is 7.04. The lowest BCUT2D eigenvalue weighted by Crippen LogP contribution is -2.30. The van der Waals surface area contributed by atoms with Crippen molar-refractivity contribution in [3.05, 3.63) is 117 Å². The van der Waals surface area contributed by atoms with Crippen LogP contribution in [0.1, 0.15) is 22.2 Å². The molecule has 1 unspecified atom stereocenters. The number of carbonyl (C=O) groups is 3. The summed E-state index contributed by atoms with van der Waals surface area (Å²) in [5.41, 5.74) is 1.82. The van der Waals surface area contributed by atoms with Gasteiger partial charge in [-0.1, -0.05) is 42.5 Å². The molecule has 6 nitrogen and oxygen atoms in total. The van der Waals surface area contributed by atoms with Crippen LogP contribution in [0.4, 0.5) is 11.4 Å². The molecule has 3 N–H and O–H groups in total. The van der Waals surface area contributed by atoms with E-state index in [1.165, 1.54) is 23.1 Å². The smallest absolute Gasteiger partial charge is 0.272 e. The average Bonchev–Trinajstić information content (AvgIpc) is 3.43. The number of para-hydroxylation sites is 1. The molecule has 0 aliphatic rings. The third-order valence-electron chi connectivity index (χ3n) is 5.26. The van der Waals surface area contributed by atoms with E-state index in [4.69, 9.17) is 0 Å². The summed E-state index contributed by atoms with van der Waals surface area (Å²) in [5.74, 6) is -0.969. The molecule has 3 amide bonds. The van der Waals surface area contributed by atoms with Gasteiger partial charge in [0, 0.05) is 25.5 Å². The van der Waals surface area contributed by atoms with Crippen LogP contribution in [-0.2, 0) is 9.59 Å². The molecule has 9 heteroatoms. The van der Waals surface area contributed by atoms with Crippen LogP contribution in [-0.4, -0.2) is 23.0 Å². The van der Waals surface area contributed by atoms with E-state index < -0.39 is 5.91 Å². The van der Waals surface area contributed by atoms with Crippen molar-refractivity contribution in [3.63, 3.8) is 0 Å². The van der Waals surface area contributed by atoms with Gasteiger partial charge >= 0.3 is 0 Å². The summed E-state index contributed by atoms with van der Waals surface area (Å²) in [4.78, 5) is 40.3. The molecule has 0 spiro atoms. The van der Waals surface area contributed by atoms with Gasteiger partial charge < -0.3 is 16.0 Å². The van der Waals surface area contributed by atoms with Crippen molar-refractivity contribution in [2.24, 2.45) is 0 Å². The number of nitrogens with one attached hydrogen (secondary N) is 3. The van der Waals surface area contributed by atoms with Crippen molar-refractivity contribution >= 4 is 74.2 Å². The molecule has 192 valence electrons. The number of amides is 3. The Kier molecular flexibility index (Phi) is 9.53. The van der Waals surface area contributed by atoms with Crippen molar-refractivity contribution in [2.45, 2.75) is 17.1 Å². The van der Waals surface area contributed by atoms with E-state index in [2.05, 4.69) is 31.9 Å². The molecule has 0 saturated carbocycles. The van der Waals surface area contributed by atoms with E-state index in [1.807, 2.05) is 66.9 Å². The zero-order valence-corrected chi connectivity index (χ0v) is 23.5. The molecular weight excluding hydrogens is 582 g/mol. The molecule has 0 fully saturated rings. The Balaban J connectivity index is 1.45. The van der Waals surface area contributed by atoms with Gasteiger partial charge in [0.1, 0.15) is 5.70 Å². The molecule has 0 radical (unpaired) electrons. The molecule has 4 rings (SSSR count). The second kappa shape index (κ2) is 13.2. The van der Waals surface area contributed by atoms with Gasteiger partial charge in [0.25, 0.3) is 11.8 Å². The van der Waals surface area contributed by atoms with E-state index in [9.17, 15) is 14.4 Å². The van der Waals surface area contributed by atoms with Gasteiger partial charge in [0.05, 0.1) is 10.9 Å². The van der Waals surface area contributed by atoms with Crippen LogP contribution in [0.3, 0.4) is 0 Å². The van der Waals surface area contributed by atoms with Crippen molar-refractivity contribution in [1.29, 1.82) is 0 Å². The second-order valence-corrected chi connectivity index (χ2v) is 11.4. The van der Waals surface area contributed by atoms with Crippen LogP contribution in [0.25, 0.3) is 6.08 Å². The monoisotopic (exact) mass is 605 g/mol. The van der Waals surface area contributed by atoms with Crippen LogP contribution in [0.5, 0.6) is 0 Å². The lowest BCUT2D eigenvalue weighted by Gasteiger charge is -2.14. The highest BCUT2D eigenvalue weighted by molar-refractivity contribution is 9.10. The number of thioether (sulfide) groups is 1. The van der Waals surface area contributed by atoms with Crippen LogP contribution >= 0.6 is 39.0 Å². The number of benzene rings is 3. The number of anilines is 2. The Bertz CT molecular complexity index is 1460. The summed E-state index contributed by atoms with van der Waals surface area (Å²) in [5, 5.41) is 10.0. The molecule has 1 atom stereocenters. The minimum Gasteiger partial charge on any atom is -0.324 e. The third-order valence-corrected chi connectivity index (χ3v) is 7.87. The fraction of sp³-hybridized carbons (Fsp3) is 0.0690. The fourth-order valence-electron chi connectivity index (χ4n) is 3.36. The lowest BCUT2D eigenvalue weighted by atomic mass is 10.2. The average molecular weight is 607 g/mol. The van der Waals surface area contributed by atoms with Crippen LogP contribution in [0.2, 0.25) is 0 Å². The number of carbonyl (C=O) groups excluding carboxylic acids is 3. The van der Waals surface area contributed by atoms with E-state index in [0.29, 0.717) is 16.9 Å². The fourth-order valence-corrected chi connectivity index (χ4v) is 5.33. The lowest BCUT2D eigenvalue weighted by molar-refractivity contribution is -0.115. The Hall–Kier alpha value is -3.66. The quantitative estimate of drug-likeness (QED) is 0.141. The molecule has 0 saturated heterocycles. The zero-order chi connectivity index (χ0) is 26.9. The van der Waals surface area contributed by atoms with Gasteiger partial charge in [-0.15, -0.1) is 23.1 Å². The summed E-state index contributed by atoms with van der Waals surface area (Å²) in [6, 6.07) is 27.1. The van der Waals surface area contributed by atoms with E-state index in [0.717, 1.165) is 14.2 Å². The van der Waals surface area contributed by atoms with Gasteiger partial charge in [0.15, 0.2) is 0 Å². The van der Waals surface area contributed by atoms with Crippen molar-refractivity contribution < 1.29 is 14.4 Å². The van der Waals surface area contributed by atoms with Crippen molar-refractivity contribution in [1.82, 2.24) is 5.32 Å². The van der Waals surface area contributed by atoms with Gasteiger partial charge in [-0.2, -0.15) is 0 Å². The molecular formula is C29H24BrN3O3S2. The summed E-state index contributed by atoms with van der Waals surface area (Å²) >= 11 is 6.28. The van der Waals surface area contributed by atoms with Gasteiger partial charge in [-0.05, 0) is 82.8 Å². The first kappa shape index (κ1) is 27.4. The maximum Gasteiger partial charge on any atom is 0.272 e. The Morgan fingerprint density at radius 2 is 1.66 bits per heavy atom. The van der Waals surface area contributed by atoms with E-state index >= 15 is 0 Å². The first-order chi connectivity index (χ1) is 18.4. The third kappa shape index (κ3) is 7.67. The number of hydrogen-bond acceptors (Lipinski definition) is 5. The maximum atomic E-state index is 13.2. The molecule has 0 aliphatic heterocycles. The zero-order valence-electron chi connectivity index (χ0n) is 20.3. The minimum atomic E-state index is -0.454. The highest BCUT2D eigenvalue weighted by Crippen LogP contribution is 2.28. The molecule has 1 aromatic heterocycles. The first-order valence-corrected chi connectivity index (χ1v) is 14.2. The molecule has 1 heterocycles. The Morgan fingerprint density at radius 3 is 2.39 bits per heavy atom. The Morgan fingerprint density at radius 1 is 0.895 bits per heavy atom. The highest BCUT2D eigenvalue weighted by atomic mass is 79.9. The number of hydrogen-bond donors (Lipinski definition) is 3. The maximum absolute atomic E-state index is 13.2. The van der Waals surface area contributed by atoms with E-state index in [1.54, 1.807) is 42.5 Å². The SMILES string of the molecule is CC(Sc1cccc(NC(=O)/C(=C/c2cccs2)NC(=O)c2ccccc2)c1)C(=O)Nc1ccccc1Br. The van der Waals surface area contributed by atoms with Crippen molar-refractivity contribution in [3.8, 4) is 0 Å². The minimum absolute atomic E-state index is 0.126. The predicted molar refractivity (Wildman–Crippen MR) is 159 cm³/mol. The van der Waals surface area contributed by atoms with Crippen LogP contribution in [0, 0.1) is 0 Å². The highest BCUT2D eigenvalue weighted by Gasteiger charge is 2.18. The summed E-state index contributed by atoms with van der Waals surface area (Å²) in [7, 11) is 0. The van der Waals surface area contributed by atoms with Gasteiger partial charge in [-0.3, -0.25) is 14.4 Å². The topological polar surface area (TPSA) is 87.3 Å². The number of rotatable bonds is 9. The second-order valence-electron chi connectivity index (χ2n) is 8.10. The Labute approximate surface area is 237 Å². The molecule has 3 aromatic carbocycles. The van der Waals surface area contributed by atoms with Gasteiger partial charge in [-0.25, -0.2) is 0 Å². The summed E-state index contributed by atoms with van der Waals surface area (Å²) < 4.78 is 0.807. The van der Waals surface area contributed by atoms with Crippen LogP contribution in [0.15, 0.2) is 111 Å². The summed E-state index contributed by atoms with van der Waals surface area (Å²) in [6.07, 6.45) is 1.65.